The van der Waals surface area contributed by atoms with Crippen molar-refractivity contribution in [2.75, 3.05) is 18.5 Å². The van der Waals surface area contributed by atoms with Gasteiger partial charge in [-0.25, -0.2) is 4.98 Å². The zero-order chi connectivity index (χ0) is 23.8. The van der Waals surface area contributed by atoms with Gasteiger partial charge in [0.2, 0.25) is 0 Å². The van der Waals surface area contributed by atoms with Gasteiger partial charge in [0.25, 0.3) is 5.91 Å². The maximum atomic E-state index is 12.5. The number of hydrogen-bond donors (Lipinski definition) is 1. The summed E-state index contributed by atoms with van der Waals surface area (Å²) in [6.07, 6.45) is 2.25. The van der Waals surface area contributed by atoms with Gasteiger partial charge >= 0.3 is 0 Å². The number of rotatable bonds is 9. The molecule has 0 spiro atoms. The summed E-state index contributed by atoms with van der Waals surface area (Å²) in [6, 6.07) is 24.0. The van der Waals surface area contributed by atoms with E-state index in [9.17, 15) is 10.1 Å². The van der Waals surface area contributed by atoms with Crippen LogP contribution in [0.3, 0.4) is 0 Å². The molecule has 1 heterocycles. The molecule has 0 aliphatic rings. The number of benzene rings is 3. The molecule has 0 aliphatic heterocycles. The molecule has 0 fully saturated rings. The number of carbonyl (C=O) groups is 1. The van der Waals surface area contributed by atoms with E-state index in [-0.39, 0.29) is 5.57 Å². The first-order valence-corrected chi connectivity index (χ1v) is 11.7. The lowest BCUT2D eigenvalue weighted by Crippen LogP contribution is -2.13. The Kier molecular flexibility index (Phi) is 7.76. The quantitative estimate of drug-likeness (QED) is 0.168. The van der Waals surface area contributed by atoms with Crippen LogP contribution < -0.4 is 14.8 Å². The Morgan fingerprint density at radius 2 is 1.65 bits per heavy atom. The number of para-hydroxylation sites is 1. The highest BCUT2D eigenvalue weighted by atomic mass is 35.5. The van der Waals surface area contributed by atoms with E-state index in [1.165, 1.54) is 17.4 Å². The lowest BCUT2D eigenvalue weighted by atomic mass is 10.1. The molecule has 6 nitrogen and oxygen atoms in total. The highest BCUT2D eigenvalue weighted by Gasteiger charge is 2.12. The van der Waals surface area contributed by atoms with Crippen molar-refractivity contribution >= 4 is 50.3 Å². The summed E-state index contributed by atoms with van der Waals surface area (Å²) in [6.45, 7) is 1.02. The molecule has 0 atom stereocenters. The number of halogens is 1. The van der Waals surface area contributed by atoms with Crippen molar-refractivity contribution in [2.24, 2.45) is 0 Å². The first kappa shape index (κ1) is 23.3. The van der Waals surface area contributed by atoms with Crippen molar-refractivity contribution < 1.29 is 14.3 Å². The molecule has 34 heavy (non-hydrogen) atoms. The maximum Gasteiger partial charge on any atom is 0.268 e. The molecule has 1 N–H and O–H groups in total. The Bertz CT molecular complexity index is 1310. The summed E-state index contributed by atoms with van der Waals surface area (Å²) < 4.78 is 12.3. The zero-order valence-electron chi connectivity index (χ0n) is 18.0. The summed E-state index contributed by atoms with van der Waals surface area (Å²) in [5.74, 6) is 0.963. The number of anilines is 1. The average molecular weight is 490 g/mol. The topological polar surface area (TPSA) is 84.2 Å². The van der Waals surface area contributed by atoms with Crippen LogP contribution in [-0.4, -0.2) is 24.1 Å². The summed E-state index contributed by atoms with van der Waals surface area (Å²) in [5.41, 5.74) is 1.51. The smallest absolute Gasteiger partial charge is 0.268 e. The summed E-state index contributed by atoms with van der Waals surface area (Å²) in [5, 5.41) is 13.3. The lowest BCUT2D eigenvalue weighted by molar-refractivity contribution is -0.112. The Balaban J connectivity index is 1.27. The summed E-state index contributed by atoms with van der Waals surface area (Å²) in [4.78, 5) is 16.9. The van der Waals surface area contributed by atoms with Crippen molar-refractivity contribution in [3.8, 4) is 17.6 Å². The Labute approximate surface area is 206 Å². The van der Waals surface area contributed by atoms with Gasteiger partial charge in [-0.3, -0.25) is 10.1 Å². The monoisotopic (exact) mass is 489 g/mol. The number of amides is 1. The van der Waals surface area contributed by atoms with Crippen molar-refractivity contribution in [1.29, 1.82) is 5.26 Å². The molecule has 4 rings (SSSR count). The van der Waals surface area contributed by atoms with Gasteiger partial charge in [-0.15, -0.1) is 0 Å². The first-order chi connectivity index (χ1) is 16.6. The minimum Gasteiger partial charge on any atom is -0.493 e. The van der Waals surface area contributed by atoms with Gasteiger partial charge in [0.1, 0.15) is 23.1 Å². The molecular formula is C26H20ClN3O3S. The Hall–Kier alpha value is -3.86. The number of thiazole rings is 1. The van der Waals surface area contributed by atoms with Gasteiger partial charge in [-0.1, -0.05) is 47.2 Å². The van der Waals surface area contributed by atoms with Crippen molar-refractivity contribution in [2.45, 2.75) is 6.42 Å². The van der Waals surface area contributed by atoms with E-state index in [0.29, 0.717) is 29.1 Å². The molecule has 170 valence electrons. The number of ether oxygens (including phenoxy) is 2. The molecule has 1 aromatic heterocycles. The standard InChI is InChI=1S/C26H20ClN3O3S/c27-20-8-12-22(13-9-20)33-15-3-14-32-21-10-6-18(7-11-21)16-19(17-28)25(31)30-26-29-23-4-1-2-5-24(23)34-26/h1-2,4-13,16H,3,14-15H2,(H,29,30,31)/b19-16+. The molecule has 8 heteroatoms. The predicted octanol–water partition coefficient (Wildman–Crippen LogP) is 6.34. The van der Waals surface area contributed by atoms with E-state index in [1.54, 1.807) is 36.4 Å². The molecular weight excluding hydrogens is 470 g/mol. The molecule has 0 unspecified atom stereocenters. The number of fused-ring (bicyclic) bond motifs is 1. The fourth-order valence-corrected chi connectivity index (χ4v) is 4.02. The van der Waals surface area contributed by atoms with Gasteiger partial charge < -0.3 is 9.47 Å². The maximum absolute atomic E-state index is 12.5. The van der Waals surface area contributed by atoms with Crippen LogP contribution in [0.2, 0.25) is 5.02 Å². The van der Waals surface area contributed by atoms with E-state index < -0.39 is 5.91 Å². The summed E-state index contributed by atoms with van der Waals surface area (Å²) >= 11 is 7.22. The molecule has 4 aromatic rings. The van der Waals surface area contributed by atoms with Crippen LogP contribution >= 0.6 is 22.9 Å². The van der Waals surface area contributed by atoms with Crippen molar-refractivity contribution in [1.82, 2.24) is 4.98 Å². The third kappa shape index (κ3) is 6.35. The second kappa shape index (κ2) is 11.3. The third-order valence-corrected chi connectivity index (χ3v) is 5.91. The lowest BCUT2D eigenvalue weighted by Gasteiger charge is -2.08. The molecule has 0 bridgehead atoms. The second-order valence-corrected chi connectivity index (χ2v) is 8.65. The van der Waals surface area contributed by atoms with Crippen LogP contribution in [0.25, 0.3) is 16.3 Å². The van der Waals surface area contributed by atoms with Gasteiger partial charge in [0.05, 0.1) is 23.4 Å². The second-order valence-electron chi connectivity index (χ2n) is 7.18. The number of nitrogens with one attached hydrogen (secondary N) is 1. The molecule has 0 saturated carbocycles. The van der Waals surface area contributed by atoms with E-state index >= 15 is 0 Å². The van der Waals surface area contributed by atoms with Crippen LogP contribution in [0, 0.1) is 11.3 Å². The van der Waals surface area contributed by atoms with Crippen LogP contribution in [0.5, 0.6) is 11.5 Å². The normalized spacial score (nSPS) is 11.1. The number of aromatic nitrogens is 1. The van der Waals surface area contributed by atoms with Crippen molar-refractivity contribution in [3.63, 3.8) is 0 Å². The minimum atomic E-state index is -0.498. The molecule has 0 saturated heterocycles. The van der Waals surface area contributed by atoms with E-state index in [2.05, 4.69) is 10.3 Å². The van der Waals surface area contributed by atoms with E-state index in [0.717, 1.165) is 28.0 Å². The Morgan fingerprint density at radius 1 is 1.00 bits per heavy atom. The summed E-state index contributed by atoms with van der Waals surface area (Å²) in [7, 11) is 0. The van der Waals surface area contributed by atoms with Gasteiger partial charge in [-0.05, 0) is 60.2 Å². The largest absolute Gasteiger partial charge is 0.493 e. The molecule has 1 amide bonds. The van der Waals surface area contributed by atoms with Crippen LogP contribution in [0.15, 0.2) is 78.4 Å². The van der Waals surface area contributed by atoms with Crippen LogP contribution in [0.4, 0.5) is 5.13 Å². The number of hydrogen-bond acceptors (Lipinski definition) is 6. The molecule has 0 aliphatic carbocycles. The number of nitrogens with zero attached hydrogens (tertiary/aromatic N) is 2. The molecule has 3 aromatic carbocycles. The molecule has 0 radical (unpaired) electrons. The highest BCUT2D eigenvalue weighted by Crippen LogP contribution is 2.26. The average Bonchev–Trinajstić information content (AvgIpc) is 3.26. The van der Waals surface area contributed by atoms with E-state index in [4.69, 9.17) is 21.1 Å². The van der Waals surface area contributed by atoms with Crippen LogP contribution in [0.1, 0.15) is 12.0 Å². The van der Waals surface area contributed by atoms with Crippen molar-refractivity contribution in [3.05, 3.63) is 89.0 Å². The minimum absolute atomic E-state index is 0.00715. The third-order valence-electron chi connectivity index (χ3n) is 4.71. The van der Waals surface area contributed by atoms with E-state index in [1.807, 2.05) is 42.5 Å². The number of carbonyl (C=O) groups excluding carboxylic acids is 1. The highest BCUT2D eigenvalue weighted by molar-refractivity contribution is 7.22. The SMILES string of the molecule is N#C/C(=C\c1ccc(OCCCOc2ccc(Cl)cc2)cc1)C(=O)Nc1nc2ccccc2s1. The fraction of sp³-hybridized carbons (Fsp3) is 0.115. The predicted molar refractivity (Wildman–Crippen MR) is 135 cm³/mol. The number of nitriles is 1. The first-order valence-electron chi connectivity index (χ1n) is 10.5. The van der Waals surface area contributed by atoms with Gasteiger partial charge in [-0.2, -0.15) is 5.26 Å². The van der Waals surface area contributed by atoms with Gasteiger partial charge in [0, 0.05) is 11.4 Å². The van der Waals surface area contributed by atoms with Gasteiger partial charge in [0.15, 0.2) is 5.13 Å². The van der Waals surface area contributed by atoms with Crippen LogP contribution in [-0.2, 0) is 4.79 Å². The zero-order valence-corrected chi connectivity index (χ0v) is 19.6. The Morgan fingerprint density at radius 3 is 2.29 bits per heavy atom. The fourth-order valence-electron chi connectivity index (χ4n) is 3.04.